The Bertz CT molecular complexity index is 350. The van der Waals surface area contributed by atoms with E-state index in [-0.39, 0.29) is 5.82 Å². The smallest absolute Gasteiger partial charge is 0.123 e. The molecule has 2 nitrogen and oxygen atoms in total. The second-order valence-corrected chi connectivity index (χ2v) is 5.46. The van der Waals surface area contributed by atoms with Crippen LogP contribution in [-0.4, -0.2) is 31.1 Å². The lowest BCUT2D eigenvalue weighted by Gasteiger charge is -2.30. The van der Waals surface area contributed by atoms with E-state index in [1.807, 2.05) is 12.1 Å². The summed E-state index contributed by atoms with van der Waals surface area (Å²) in [5.74, 6) is 0.425. The third kappa shape index (κ3) is 5.70. The molecule has 108 valence electrons. The molecule has 0 aliphatic rings. The Morgan fingerprint density at radius 2 is 1.84 bits per heavy atom. The summed E-state index contributed by atoms with van der Waals surface area (Å²) in [6.07, 6.45) is 1.17. The van der Waals surface area contributed by atoms with E-state index in [4.69, 9.17) is 0 Å². The fraction of sp³-hybridized carbons (Fsp3) is 0.625. The Morgan fingerprint density at radius 3 is 2.42 bits per heavy atom. The molecule has 0 aliphatic carbocycles. The lowest BCUT2D eigenvalue weighted by atomic mass is 10.0. The molecular weight excluding hydrogens is 239 g/mol. The molecule has 1 rings (SSSR count). The van der Waals surface area contributed by atoms with Gasteiger partial charge in [-0.15, -0.1) is 0 Å². The Hall–Kier alpha value is -0.930. The first-order chi connectivity index (χ1) is 9.04. The van der Waals surface area contributed by atoms with Crippen molar-refractivity contribution in [1.29, 1.82) is 0 Å². The molecule has 0 heterocycles. The molecule has 0 bridgehead atoms. The third-order valence-corrected chi connectivity index (χ3v) is 3.76. The molecule has 19 heavy (non-hydrogen) atoms. The third-order valence-electron chi connectivity index (χ3n) is 3.76. The number of nitrogens with zero attached hydrogens (tertiary/aromatic N) is 1. The first-order valence-corrected chi connectivity index (χ1v) is 7.20. The van der Waals surface area contributed by atoms with Gasteiger partial charge in [-0.3, -0.25) is 4.90 Å². The minimum atomic E-state index is -0.170. The van der Waals surface area contributed by atoms with Gasteiger partial charge in [0.15, 0.2) is 0 Å². The van der Waals surface area contributed by atoms with Gasteiger partial charge in [0.1, 0.15) is 5.82 Å². The van der Waals surface area contributed by atoms with Crippen LogP contribution in [0.2, 0.25) is 0 Å². The Kier molecular flexibility index (Phi) is 7.03. The average Bonchev–Trinajstić information content (AvgIpc) is 2.40. The fourth-order valence-corrected chi connectivity index (χ4v) is 2.13. The highest BCUT2D eigenvalue weighted by Crippen LogP contribution is 2.13. The topological polar surface area (TPSA) is 15.3 Å². The zero-order chi connectivity index (χ0) is 14.3. The van der Waals surface area contributed by atoms with Crippen molar-refractivity contribution in [2.24, 2.45) is 5.92 Å². The average molecular weight is 266 g/mol. The monoisotopic (exact) mass is 266 g/mol. The number of rotatable bonds is 8. The van der Waals surface area contributed by atoms with Crippen molar-refractivity contribution in [1.82, 2.24) is 10.2 Å². The number of hydrogen-bond acceptors (Lipinski definition) is 2. The summed E-state index contributed by atoms with van der Waals surface area (Å²) in [6.45, 7) is 9.69. The molecular formula is C16H27FN2. The predicted octanol–water partition coefficient (Wildman–Crippen LogP) is 3.28. The highest BCUT2D eigenvalue weighted by Gasteiger charge is 2.16. The quantitative estimate of drug-likeness (QED) is 0.726. The lowest BCUT2D eigenvalue weighted by molar-refractivity contribution is 0.188. The molecule has 1 N–H and O–H groups in total. The molecule has 0 spiro atoms. The van der Waals surface area contributed by atoms with Gasteiger partial charge in [0.2, 0.25) is 0 Å². The second-order valence-electron chi connectivity index (χ2n) is 5.46. The van der Waals surface area contributed by atoms with Crippen LogP contribution < -0.4 is 5.32 Å². The summed E-state index contributed by atoms with van der Waals surface area (Å²) in [6, 6.07) is 7.27. The zero-order valence-corrected chi connectivity index (χ0v) is 12.6. The van der Waals surface area contributed by atoms with Crippen LogP contribution in [0.1, 0.15) is 32.8 Å². The molecule has 0 amide bonds. The Morgan fingerprint density at radius 1 is 1.21 bits per heavy atom. The van der Waals surface area contributed by atoms with Crippen LogP contribution in [0.5, 0.6) is 0 Å². The van der Waals surface area contributed by atoms with Crippen molar-refractivity contribution >= 4 is 0 Å². The van der Waals surface area contributed by atoms with E-state index in [1.54, 1.807) is 0 Å². The van der Waals surface area contributed by atoms with E-state index in [0.29, 0.717) is 12.0 Å². The van der Waals surface area contributed by atoms with Crippen LogP contribution in [-0.2, 0) is 6.54 Å². The van der Waals surface area contributed by atoms with Crippen molar-refractivity contribution in [3.05, 3.63) is 35.6 Å². The summed E-state index contributed by atoms with van der Waals surface area (Å²) in [5, 5.41) is 3.47. The summed E-state index contributed by atoms with van der Waals surface area (Å²) >= 11 is 0. The van der Waals surface area contributed by atoms with E-state index in [1.165, 1.54) is 18.6 Å². The molecule has 1 aromatic carbocycles. The summed E-state index contributed by atoms with van der Waals surface area (Å²) in [5.41, 5.74) is 1.16. The SMILES string of the molecule is CCCNCC(C)C(C)N(C)Cc1ccc(F)cc1. The maximum Gasteiger partial charge on any atom is 0.123 e. The van der Waals surface area contributed by atoms with E-state index >= 15 is 0 Å². The van der Waals surface area contributed by atoms with Gasteiger partial charge in [-0.2, -0.15) is 0 Å². The molecule has 0 aromatic heterocycles. The molecule has 2 unspecified atom stereocenters. The van der Waals surface area contributed by atoms with E-state index in [0.717, 1.165) is 25.2 Å². The molecule has 1 aromatic rings. The summed E-state index contributed by atoms with van der Waals surface area (Å²) in [7, 11) is 2.13. The maximum atomic E-state index is 12.9. The molecule has 0 radical (unpaired) electrons. The standard InChI is InChI=1S/C16H27FN2/c1-5-10-18-11-13(2)14(3)19(4)12-15-6-8-16(17)9-7-15/h6-9,13-14,18H,5,10-12H2,1-4H3. The number of benzene rings is 1. The number of hydrogen-bond donors (Lipinski definition) is 1. The largest absolute Gasteiger partial charge is 0.316 e. The fourth-order valence-electron chi connectivity index (χ4n) is 2.13. The minimum absolute atomic E-state index is 0.170. The first-order valence-electron chi connectivity index (χ1n) is 7.20. The normalized spacial score (nSPS) is 14.6. The molecule has 3 heteroatoms. The van der Waals surface area contributed by atoms with Gasteiger partial charge in [0, 0.05) is 12.6 Å². The van der Waals surface area contributed by atoms with Crippen LogP contribution in [0.15, 0.2) is 24.3 Å². The molecule has 0 saturated heterocycles. The predicted molar refractivity (Wildman–Crippen MR) is 79.7 cm³/mol. The van der Waals surface area contributed by atoms with Gasteiger partial charge >= 0.3 is 0 Å². The van der Waals surface area contributed by atoms with Gasteiger partial charge in [-0.25, -0.2) is 4.39 Å². The first kappa shape index (κ1) is 16.1. The molecule has 2 atom stereocenters. The van der Waals surface area contributed by atoms with Crippen molar-refractivity contribution in [3.63, 3.8) is 0 Å². The van der Waals surface area contributed by atoms with Crippen molar-refractivity contribution in [2.45, 2.75) is 39.8 Å². The van der Waals surface area contributed by atoms with Crippen LogP contribution in [0.3, 0.4) is 0 Å². The zero-order valence-electron chi connectivity index (χ0n) is 12.6. The van der Waals surface area contributed by atoms with E-state index in [2.05, 4.69) is 38.0 Å². The second kappa shape index (κ2) is 8.28. The van der Waals surface area contributed by atoms with Crippen molar-refractivity contribution in [2.75, 3.05) is 20.1 Å². The maximum absolute atomic E-state index is 12.9. The van der Waals surface area contributed by atoms with E-state index < -0.39 is 0 Å². The molecule has 0 saturated carbocycles. The van der Waals surface area contributed by atoms with Crippen molar-refractivity contribution in [3.8, 4) is 0 Å². The van der Waals surface area contributed by atoms with Crippen LogP contribution in [0.25, 0.3) is 0 Å². The molecule has 0 aliphatic heterocycles. The van der Waals surface area contributed by atoms with Gasteiger partial charge < -0.3 is 5.32 Å². The Balaban J connectivity index is 2.42. The summed E-state index contributed by atoms with van der Waals surface area (Å²) < 4.78 is 12.9. The van der Waals surface area contributed by atoms with Crippen molar-refractivity contribution < 1.29 is 4.39 Å². The number of nitrogens with one attached hydrogen (secondary N) is 1. The van der Waals surface area contributed by atoms with Crippen LogP contribution in [0.4, 0.5) is 4.39 Å². The number of halogens is 1. The lowest BCUT2D eigenvalue weighted by Crippen LogP contribution is -2.38. The van der Waals surface area contributed by atoms with Gasteiger partial charge in [0.25, 0.3) is 0 Å². The summed E-state index contributed by atoms with van der Waals surface area (Å²) in [4.78, 5) is 2.32. The highest BCUT2D eigenvalue weighted by molar-refractivity contribution is 5.15. The van der Waals surface area contributed by atoms with Gasteiger partial charge in [-0.1, -0.05) is 26.0 Å². The minimum Gasteiger partial charge on any atom is -0.316 e. The highest BCUT2D eigenvalue weighted by atomic mass is 19.1. The van der Waals surface area contributed by atoms with Gasteiger partial charge in [0.05, 0.1) is 0 Å². The molecule has 0 fully saturated rings. The van der Waals surface area contributed by atoms with Crippen LogP contribution >= 0.6 is 0 Å². The van der Waals surface area contributed by atoms with E-state index in [9.17, 15) is 4.39 Å². The van der Waals surface area contributed by atoms with Gasteiger partial charge in [-0.05, 0) is 57.1 Å². The Labute approximate surface area is 117 Å². The van der Waals surface area contributed by atoms with Crippen LogP contribution in [0, 0.1) is 11.7 Å².